The summed E-state index contributed by atoms with van der Waals surface area (Å²) in [5, 5.41) is 3.09. The normalized spacial score (nSPS) is 15.4. The molecular formula is C13H19N5O2. The molecule has 2 heterocycles. The molecule has 1 aliphatic heterocycles. The molecule has 1 aromatic rings. The van der Waals surface area contributed by atoms with Gasteiger partial charge in [0, 0.05) is 26.7 Å². The van der Waals surface area contributed by atoms with E-state index in [0.29, 0.717) is 18.9 Å². The first-order chi connectivity index (χ1) is 9.61. The van der Waals surface area contributed by atoms with E-state index in [2.05, 4.69) is 22.2 Å². The molecule has 0 saturated carbocycles. The number of amides is 2. The fourth-order valence-corrected chi connectivity index (χ4v) is 1.88. The van der Waals surface area contributed by atoms with Crippen LogP contribution in [-0.2, 0) is 4.79 Å². The molecule has 0 radical (unpaired) electrons. The maximum atomic E-state index is 12.2. The van der Waals surface area contributed by atoms with Crippen molar-refractivity contribution in [3.63, 3.8) is 0 Å². The van der Waals surface area contributed by atoms with Crippen LogP contribution in [0.3, 0.4) is 0 Å². The lowest BCUT2D eigenvalue weighted by Crippen LogP contribution is -2.50. The van der Waals surface area contributed by atoms with Crippen molar-refractivity contribution in [2.45, 2.75) is 13.3 Å². The van der Waals surface area contributed by atoms with E-state index < -0.39 is 0 Å². The van der Waals surface area contributed by atoms with Crippen LogP contribution in [-0.4, -0.2) is 64.8 Å². The van der Waals surface area contributed by atoms with Gasteiger partial charge >= 0.3 is 0 Å². The predicted octanol–water partition coefficient (Wildman–Crippen LogP) is 0.213. The Hall–Kier alpha value is -2.18. The van der Waals surface area contributed by atoms with Gasteiger partial charge in [0.15, 0.2) is 0 Å². The summed E-state index contributed by atoms with van der Waals surface area (Å²) in [5.74, 6) is 0.345. The van der Waals surface area contributed by atoms with E-state index in [1.807, 2.05) is 0 Å². The fourth-order valence-electron chi connectivity index (χ4n) is 1.88. The van der Waals surface area contributed by atoms with Gasteiger partial charge in [-0.1, -0.05) is 6.92 Å². The number of nitrogens with one attached hydrogen (secondary N) is 1. The number of aromatic nitrogens is 2. The molecule has 7 nitrogen and oxygen atoms in total. The molecule has 20 heavy (non-hydrogen) atoms. The second-order valence-corrected chi connectivity index (χ2v) is 4.76. The van der Waals surface area contributed by atoms with Gasteiger partial charge in [-0.05, 0) is 6.42 Å². The summed E-state index contributed by atoms with van der Waals surface area (Å²) in [6.45, 7) is 4.05. The maximum absolute atomic E-state index is 12.2. The third-order valence-corrected chi connectivity index (χ3v) is 3.17. The van der Waals surface area contributed by atoms with Gasteiger partial charge in [0.05, 0.1) is 12.4 Å². The van der Waals surface area contributed by atoms with Crippen LogP contribution in [0.25, 0.3) is 0 Å². The zero-order valence-corrected chi connectivity index (χ0v) is 11.8. The molecule has 2 rings (SSSR count). The highest BCUT2D eigenvalue weighted by molar-refractivity contribution is 5.95. The number of nitrogens with zero attached hydrogens (tertiary/aromatic N) is 4. The van der Waals surface area contributed by atoms with E-state index in [4.69, 9.17) is 0 Å². The standard InChI is InChI=1S/C13H19N5O2/c1-3-4-14-11-8-15-10(7-16-11)13(20)18-6-5-17(2)12(19)9-18/h7-8H,3-6,9H2,1-2H3,(H,14,16). The minimum absolute atomic E-state index is 0.0567. The number of anilines is 1. The summed E-state index contributed by atoms with van der Waals surface area (Å²) in [6, 6.07) is 0. The van der Waals surface area contributed by atoms with Crippen LogP contribution in [0, 0.1) is 0 Å². The summed E-state index contributed by atoms with van der Waals surface area (Å²) < 4.78 is 0. The Morgan fingerprint density at radius 1 is 1.35 bits per heavy atom. The van der Waals surface area contributed by atoms with Crippen molar-refractivity contribution >= 4 is 17.6 Å². The van der Waals surface area contributed by atoms with Crippen LogP contribution >= 0.6 is 0 Å². The van der Waals surface area contributed by atoms with Gasteiger partial charge in [-0.3, -0.25) is 9.59 Å². The number of hydrogen-bond donors (Lipinski definition) is 1. The first kappa shape index (κ1) is 14.2. The van der Waals surface area contributed by atoms with Crippen molar-refractivity contribution in [2.75, 3.05) is 38.5 Å². The van der Waals surface area contributed by atoms with Crippen molar-refractivity contribution in [3.8, 4) is 0 Å². The van der Waals surface area contributed by atoms with E-state index in [1.54, 1.807) is 18.1 Å². The lowest BCUT2D eigenvalue weighted by molar-refractivity contribution is -0.133. The lowest BCUT2D eigenvalue weighted by atomic mass is 10.3. The van der Waals surface area contributed by atoms with Gasteiger partial charge in [0.2, 0.25) is 5.91 Å². The second-order valence-electron chi connectivity index (χ2n) is 4.76. The summed E-state index contributed by atoms with van der Waals surface area (Å²) in [5.41, 5.74) is 0.268. The first-order valence-corrected chi connectivity index (χ1v) is 6.71. The Labute approximate surface area is 118 Å². The Morgan fingerprint density at radius 3 is 2.75 bits per heavy atom. The molecule has 0 aromatic carbocycles. The number of piperazine rings is 1. The van der Waals surface area contributed by atoms with Crippen LogP contribution in [0.2, 0.25) is 0 Å². The summed E-state index contributed by atoms with van der Waals surface area (Å²) >= 11 is 0. The Kier molecular flexibility index (Phi) is 4.49. The molecule has 2 amide bonds. The molecule has 0 aliphatic carbocycles. The quantitative estimate of drug-likeness (QED) is 0.851. The van der Waals surface area contributed by atoms with E-state index >= 15 is 0 Å². The highest BCUT2D eigenvalue weighted by Crippen LogP contribution is 2.08. The largest absolute Gasteiger partial charge is 0.369 e. The highest BCUT2D eigenvalue weighted by Gasteiger charge is 2.26. The summed E-state index contributed by atoms with van der Waals surface area (Å²) in [7, 11) is 1.73. The van der Waals surface area contributed by atoms with Crippen molar-refractivity contribution in [1.82, 2.24) is 19.8 Å². The minimum atomic E-state index is -0.249. The van der Waals surface area contributed by atoms with Gasteiger partial charge in [-0.2, -0.15) is 0 Å². The Balaban J connectivity index is 2.00. The monoisotopic (exact) mass is 277 g/mol. The Bertz CT molecular complexity index is 488. The molecular weight excluding hydrogens is 258 g/mol. The average molecular weight is 277 g/mol. The minimum Gasteiger partial charge on any atom is -0.369 e. The SMILES string of the molecule is CCCNc1cnc(C(=O)N2CCN(C)C(=O)C2)cn1. The van der Waals surface area contributed by atoms with Crippen LogP contribution < -0.4 is 5.32 Å². The zero-order valence-electron chi connectivity index (χ0n) is 11.8. The van der Waals surface area contributed by atoms with Gasteiger partial charge in [-0.15, -0.1) is 0 Å². The first-order valence-electron chi connectivity index (χ1n) is 6.71. The molecule has 0 atom stereocenters. The van der Waals surface area contributed by atoms with E-state index in [0.717, 1.165) is 13.0 Å². The number of hydrogen-bond acceptors (Lipinski definition) is 5. The van der Waals surface area contributed by atoms with Crippen molar-refractivity contribution in [3.05, 3.63) is 18.1 Å². The van der Waals surface area contributed by atoms with Gasteiger partial charge in [-0.25, -0.2) is 9.97 Å². The maximum Gasteiger partial charge on any atom is 0.274 e. The van der Waals surface area contributed by atoms with Crippen molar-refractivity contribution in [2.24, 2.45) is 0 Å². The molecule has 1 aliphatic rings. The molecule has 108 valence electrons. The molecule has 7 heteroatoms. The smallest absolute Gasteiger partial charge is 0.274 e. The average Bonchev–Trinajstić information content (AvgIpc) is 2.48. The molecule has 0 unspecified atom stereocenters. The number of carbonyl (C=O) groups is 2. The Morgan fingerprint density at radius 2 is 2.15 bits per heavy atom. The van der Waals surface area contributed by atoms with Crippen molar-refractivity contribution < 1.29 is 9.59 Å². The van der Waals surface area contributed by atoms with Crippen LogP contribution in [0.15, 0.2) is 12.4 Å². The fraction of sp³-hybridized carbons (Fsp3) is 0.538. The number of carbonyl (C=O) groups excluding carboxylic acids is 2. The van der Waals surface area contributed by atoms with E-state index in [9.17, 15) is 9.59 Å². The molecule has 1 fully saturated rings. The van der Waals surface area contributed by atoms with Crippen LogP contribution in [0.5, 0.6) is 0 Å². The van der Waals surface area contributed by atoms with E-state index in [-0.39, 0.29) is 24.1 Å². The molecule has 1 N–H and O–H groups in total. The van der Waals surface area contributed by atoms with E-state index in [1.165, 1.54) is 11.1 Å². The van der Waals surface area contributed by atoms with Crippen LogP contribution in [0.4, 0.5) is 5.82 Å². The molecule has 0 bridgehead atoms. The molecule has 0 spiro atoms. The second kappa shape index (κ2) is 6.31. The number of likely N-dealkylation sites (N-methyl/N-ethyl adjacent to an activating group) is 1. The highest BCUT2D eigenvalue weighted by atomic mass is 16.2. The van der Waals surface area contributed by atoms with Crippen LogP contribution in [0.1, 0.15) is 23.8 Å². The summed E-state index contributed by atoms with van der Waals surface area (Å²) in [6.07, 6.45) is 3.98. The third kappa shape index (κ3) is 3.23. The van der Waals surface area contributed by atoms with Crippen molar-refractivity contribution in [1.29, 1.82) is 0 Å². The van der Waals surface area contributed by atoms with Gasteiger partial charge < -0.3 is 15.1 Å². The number of rotatable bonds is 4. The molecule has 1 aromatic heterocycles. The third-order valence-electron chi connectivity index (χ3n) is 3.17. The molecule has 1 saturated heterocycles. The lowest BCUT2D eigenvalue weighted by Gasteiger charge is -2.31. The van der Waals surface area contributed by atoms with Gasteiger partial charge in [0.25, 0.3) is 5.91 Å². The topological polar surface area (TPSA) is 78.4 Å². The predicted molar refractivity (Wildman–Crippen MR) is 74.4 cm³/mol. The zero-order chi connectivity index (χ0) is 14.5. The summed E-state index contributed by atoms with van der Waals surface area (Å²) in [4.78, 5) is 35.2. The van der Waals surface area contributed by atoms with Gasteiger partial charge in [0.1, 0.15) is 18.1 Å².